The molecule has 0 radical (unpaired) electrons. The van der Waals surface area contributed by atoms with Crippen LogP contribution in [-0.4, -0.2) is 17.0 Å². The smallest absolute Gasteiger partial charge is 0.336 e. The molecule has 5 nitrogen and oxygen atoms in total. The Morgan fingerprint density at radius 2 is 1.50 bits per heavy atom. The lowest BCUT2D eigenvalue weighted by atomic mass is 10.1. The van der Waals surface area contributed by atoms with Crippen LogP contribution in [0.4, 0.5) is 5.69 Å². The minimum Gasteiger partial charge on any atom is -0.545 e. The van der Waals surface area contributed by atoms with Crippen molar-refractivity contribution in [3.05, 3.63) is 64.1 Å². The van der Waals surface area contributed by atoms with Crippen LogP contribution in [0.2, 0.25) is 0 Å². The summed E-state index contributed by atoms with van der Waals surface area (Å²) in [6.45, 7) is 0. The van der Waals surface area contributed by atoms with Gasteiger partial charge in [0.05, 0.1) is 11.5 Å². The van der Waals surface area contributed by atoms with E-state index in [4.69, 9.17) is 5.11 Å². The summed E-state index contributed by atoms with van der Waals surface area (Å²) >= 11 is 3.32. The number of aromatic carboxylic acids is 2. The first-order valence-corrected chi connectivity index (χ1v) is 6.32. The van der Waals surface area contributed by atoms with E-state index in [1.165, 1.54) is 24.3 Å². The monoisotopic (exact) mass is 337 g/mol. The SMILES string of the molecule is O=C([O-])c1ccccc1C(=O)O.[NH3+]c1ccc(Br)cc1. The highest BCUT2D eigenvalue weighted by Gasteiger charge is 2.08. The highest BCUT2D eigenvalue weighted by Crippen LogP contribution is 2.09. The zero-order valence-corrected chi connectivity index (χ0v) is 12.0. The molecule has 2 aromatic rings. The molecule has 6 heteroatoms. The van der Waals surface area contributed by atoms with Gasteiger partial charge in [-0.05, 0) is 30.3 Å². The van der Waals surface area contributed by atoms with Crippen molar-refractivity contribution in [1.82, 2.24) is 0 Å². The van der Waals surface area contributed by atoms with Crippen LogP contribution in [0.5, 0.6) is 0 Å². The molecule has 4 N–H and O–H groups in total. The lowest BCUT2D eigenvalue weighted by Crippen LogP contribution is -2.39. The van der Waals surface area contributed by atoms with Crippen LogP contribution in [0.3, 0.4) is 0 Å². The zero-order chi connectivity index (χ0) is 15.1. The molecule has 0 aromatic heterocycles. The van der Waals surface area contributed by atoms with E-state index in [0.29, 0.717) is 0 Å². The summed E-state index contributed by atoms with van der Waals surface area (Å²) in [5, 5.41) is 18.9. The summed E-state index contributed by atoms with van der Waals surface area (Å²) in [6, 6.07) is 13.2. The fourth-order valence-corrected chi connectivity index (χ4v) is 1.60. The van der Waals surface area contributed by atoms with Gasteiger partial charge < -0.3 is 20.7 Å². The predicted octanol–water partition coefficient (Wildman–Crippen LogP) is 1.07. The number of carboxylic acid groups (broad SMARTS) is 2. The van der Waals surface area contributed by atoms with Crippen molar-refractivity contribution in [1.29, 1.82) is 0 Å². The summed E-state index contributed by atoms with van der Waals surface area (Å²) in [5.74, 6) is -2.75. The first kappa shape index (κ1) is 15.9. The average Bonchev–Trinajstić information content (AvgIpc) is 2.42. The summed E-state index contributed by atoms with van der Waals surface area (Å²) in [5.41, 5.74) is 4.24. The summed E-state index contributed by atoms with van der Waals surface area (Å²) in [7, 11) is 0. The Kier molecular flexibility index (Phi) is 5.89. The number of halogens is 1. The van der Waals surface area contributed by atoms with Gasteiger partial charge in [0.2, 0.25) is 0 Å². The maximum absolute atomic E-state index is 10.4. The normalized spacial score (nSPS) is 9.30. The predicted molar refractivity (Wildman–Crippen MR) is 74.4 cm³/mol. The van der Waals surface area contributed by atoms with Crippen LogP contribution < -0.4 is 10.8 Å². The fraction of sp³-hybridized carbons (Fsp3) is 0. The third kappa shape index (κ3) is 4.83. The number of hydrogen-bond donors (Lipinski definition) is 2. The minimum absolute atomic E-state index is 0.252. The van der Waals surface area contributed by atoms with Crippen molar-refractivity contribution in [2.75, 3.05) is 0 Å². The first-order chi connectivity index (χ1) is 9.41. The maximum atomic E-state index is 10.4. The fourth-order valence-electron chi connectivity index (χ4n) is 1.33. The van der Waals surface area contributed by atoms with Gasteiger partial charge in [-0.1, -0.05) is 34.1 Å². The van der Waals surface area contributed by atoms with Gasteiger partial charge in [0.25, 0.3) is 0 Å². The van der Waals surface area contributed by atoms with Crippen LogP contribution in [-0.2, 0) is 0 Å². The van der Waals surface area contributed by atoms with E-state index in [-0.39, 0.29) is 11.1 Å². The van der Waals surface area contributed by atoms with Gasteiger partial charge in [-0.2, -0.15) is 0 Å². The van der Waals surface area contributed by atoms with E-state index in [2.05, 4.69) is 21.7 Å². The van der Waals surface area contributed by atoms with Gasteiger partial charge in [0, 0.05) is 10.0 Å². The van der Waals surface area contributed by atoms with E-state index in [1.807, 2.05) is 24.3 Å². The maximum Gasteiger partial charge on any atom is 0.336 e. The summed E-state index contributed by atoms with van der Waals surface area (Å²) in [6.07, 6.45) is 0. The molecule has 0 aliphatic heterocycles. The van der Waals surface area contributed by atoms with Crippen LogP contribution in [0.25, 0.3) is 0 Å². The van der Waals surface area contributed by atoms with Crippen molar-refractivity contribution >= 4 is 33.6 Å². The highest BCUT2D eigenvalue weighted by molar-refractivity contribution is 9.10. The van der Waals surface area contributed by atoms with Crippen LogP contribution in [0.1, 0.15) is 20.7 Å². The molecule has 0 heterocycles. The molecule has 0 aliphatic rings. The number of benzene rings is 2. The Bertz CT molecular complexity index is 557. The molecule has 0 unspecified atom stereocenters. The van der Waals surface area contributed by atoms with Gasteiger partial charge in [0.1, 0.15) is 5.69 Å². The van der Waals surface area contributed by atoms with Gasteiger partial charge in [0.15, 0.2) is 0 Å². The number of carbonyl (C=O) groups is 2. The van der Waals surface area contributed by atoms with Crippen molar-refractivity contribution in [2.45, 2.75) is 0 Å². The van der Waals surface area contributed by atoms with Crippen LogP contribution in [0.15, 0.2) is 53.0 Å². The molecule has 0 saturated heterocycles. The Morgan fingerprint density at radius 3 is 1.85 bits per heavy atom. The summed E-state index contributed by atoms with van der Waals surface area (Å²) < 4.78 is 1.10. The standard InChI is InChI=1S/C8H6O4.C6H6BrN/c9-7(10)5-3-1-2-4-6(5)8(11)12;7-5-1-3-6(8)4-2-5/h1-4H,(H,9,10)(H,11,12);1-4H,8H2. The van der Waals surface area contributed by atoms with Crippen molar-refractivity contribution in [2.24, 2.45) is 0 Å². The number of quaternary nitrogens is 1. The quantitative estimate of drug-likeness (QED) is 0.854. The first-order valence-electron chi connectivity index (χ1n) is 5.53. The second-order valence-electron chi connectivity index (χ2n) is 3.76. The molecule has 0 spiro atoms. The van der Waals surface area contributed by atoms with Gasteiger partial charge in [-0.3, -0.25) is 0 Å². The van der Waals surface area contributed by atoms with Gasteiger partial charge in [-0.15, -0.1) is 0 Å². The molecule has 0 aliphatic carbocycles. The van der Waals surface area contributed by atoms with Crippen molar-refractivity contribution in [3.63, 3.8) is 0 Å². The Labute approximate surface area is 123 Å². The molecule has 0 atom stereocenters. The molecule has 0 amide bonds. The second-order valence-corrected chi connectivity index (χ2v) is 4.68. The van der Waals surface area contributed by atoms with E-state index in [1.54, 1.807) is 0 Å². The lowest BCUT2D eigenvalue weighted by molar-refractivity contribution is -0.255. The van der Waals surface area contributed by atoms with E-state index >= 15 is 0 Å². The molecular weight excluding hydrogens is 326 g/mol. The number of hydrogen-bond acceptors (Lipinski definition) is 3. The third-order valence-electron chi connectivity index (χ3n) is 2.29. The zero-order valence-electron chi connectivity index (χ0n) is 10.4. The Balaban J connectivity index is 0.000000217. The Hall–Kier alpha value is -2.18. The molecule has 0 saturated carbocycles. The lowest BCUT2D eigenvalue weighted by Gasteiger charge is -2.04. The molecule has 2 rings (SSSR count). The number of rotatable bonds is 2. The van der Waals surface area contributed by atoms with Gasteiger partial charge >= 0.3 is 5.97 Å². The molecular formula is C14H12BrNO4. The molecule has 0 fully saturated rings. The molecule has 20 heavy (non-hydrogen) atoms. The Morgan fingerprint density at radius 1 is 1.00 bits per heavy atom. The topological polar surface area (TPSA) is 105 Å². The largest absolute Gasteiger partial charge is 0.545 e. The highest BCUT2D eigenvalue weighted by atomic mass is 79.9. The number of carbonyl (C=O) groups excluding carboxylic acids is 1. The van der Waals surface area contributed by atoms with Crippen molar-refractivity contribution < 1.29 is 25.5 Å². The summed E-state index contributed by atoms with van der Waals surface area (Å²) in [4.78, 5) is 20.8. The third-order valence-corrected chi connectivity index (χ3v) is 2.82. The molecule has 2 aromatic carbocycles. The van der Waals surface area contributed by atoms with E-state index < -0.39 is 11.9 Å². The molecule has 0 bridgehead atoms. The van der Waals surface area contributed by atoms with Crippen LogP contribution >= 0.6 is 15.9 Å². The second kappa shape index (κ2) is 7.42. The average molecular weight is 338 g/mol. The van der Waals surface area contributed by atoms with E-state index in [9.17, 15) is 14.7 Å². The van der Waals surface area contributed by atoms with Crippen LogP contribution in [0, 0.1) is 0 Å². The van der Waals surface area contributed by atoms with Crippen molar-refractivity contribution in [3.8, 4) is 0 Å². The molecule has 104 valence electrons. The van der Waals surface area contributed by atoms with Gasteiger partial charge in [-0.25, -0.2) is 4.79 Å². The van der Waals surface area contributed by atoms with E-state index in [0.717, 1.165) is 10.2 Å². The minimum atomic E-state index is -1.48. The number of carboxylic acids is 2.